The van der Waals surface area contributed by atoms with E-state index in [4.69, 9.17) is 0 Å². The van der Waals surface area contributed by atoms with Crippen molar-refractivity contribution in [3.8, 4) is 11.3 Å². The van der Waals surface area contributed by atoms with Crippen molar-refractivity contribution in [3.63, 3.8) is 0 Å². The monoisotopic (exact) mass is 407 g/mol. The van der Waals surface area contributed by atoms with Gasteiger partial charge in [-0.05, 0) is 55.4 Å². The van der Waals surface area contributed by atoms with Crippen molar-refractivity contribution in [2.75, 3.05) is 0 Å². The molecule has 6 rings (SSSR count). The first-order valence-electron chi connectivity index (χ1n) is 11.1. The van der Waals surface area contributed by atoms with Crippen LogP contribution in [0.3, 0.4) is 0 Å². The van der Waals surface area contributed by atoms with Crippen LogP contribution in [0.4, 0.5) is 0 Å². The molecule has 0 atom stereocenters. The van der Waals surface area contributed by atoms with Gasteiger partial charge in [-0.2, -0.15) is 0 Å². The minimum Gasteiger partial charge on any atom is -0.346 e. The van der Waals surface area contributed by atoms with E-state index in [0.29, 0.717) is 12.5 Å². The topological polar surface area (TPSA) is 46.9 Å². The molecule has 2 aliphatic rings. The molecule has 2 fully saturated rings. The predicted molar refractivity (Wildman–Crippen MR) is 123 cm³/mol. The Bertz CT molecular complexity index is 1250. The Morgan fingerprint density at radius 1 is 1.00 bits per heavy atom. The third kappa shape index (κ3) is 3.42. The Morgan fingerprint density at radius 3 is 2.55 bits per heavy atom. The van der Waals surface area contributed by atoms with Crippen molar-refractivity contribution >= 4 is 16.8 Å². The zero-order chi connectivity index (χ0) is 20.8. The number of benzene rings is 2. The number of fused-ring (bicyclic) bond motifs is 1. The molecule has 2 aliphatic carbocycles. The van der Waals surface area contributed by atoms with Crippen LogP contribution in [0.15, 0.2) is 79.1 Å². The molecule has 1 N–H and O–H groups in total. The van der Waals surface area contributed by atoms with Gasteiger partial charge in [0.15, 0.2) is 0 Å². The minimum atomic E-state index is 0.0625. The quantitative estimate of drug-likeness (QED) is 0.464. The Morgan fingerprint density at radius 2 is 1.84 bits per heavy atom. The number of hydrogen-bond acceptors (Lipinski definition) is 2. The maximum absolute atomic E-state index is 13.2. The van der Waals surface area contributed by atoms with Gasteiger partial charge in [0.1, 0.15) is 0 Å². The minimum absolute atomic E-state index is 0.0625. The molecule has 0 aliphatic heterocycles. The fourth-order valence-corrected chi connectivity index (χ4v) is 4.77. The van der Waals surface area contributed by atoms with E-state index in [0.717, 1.165) is 46.1 Å². The molecule has 154 valence electrons. The van der Waals surface area contributed by atoms with Crippen LogP contribution in [-0.2, 0) is 6.54 Å². The van der Waals surface area contributed by atoms with Crippen LogP contribution in [0, 0.1) is 5.92 Å². The molecule has 1 amide bonds. The molecule has 2 aromatic carbocycles. The summed E-state index contributed by atoms with van der Waals surface area (Å²) in [5, 5.41) is 4.47. The smallest absolute Gasteiger partial charge is 0.253 e. The zero-order valence-corrected chi connectivity index (χ0v) is 17.4. The Kier molecular flexibility index (Phi) is 4.20. The molecular weight excluding hydrogens is 382 g/mol. The number of nitrogens with zero attached hydrogens (tertiary/aromatic N) is 2. The molecule has 0 saturated heterocycles. The van der Waals surface area contributed by atoms with Crippen LogP contribution < -0.4 is 5.32 Å². The lowest BCUT2D eigenvalue weighted by Crippen LogP contribution is -2.38. The summed E-state index contributed by atoms with van der Waals surface area (Å²) in [4.78, 5) is 17.9. The molecule has 31 heavy (non-hydrogen) atoms. The van der Waals surface area contributed by atoms with E-state index in [2.05, 4.69) is 57.5 Å². The van der Waals surface area contributed by atoms with Crippen molar-refractivity contribution in [2.45, 2.75) is 37.8 Å². The molecule has 4 nitrogen and oxygen atoms in total. The second-order valence-electron chi connectivity index (χ2n) is 8.99. The van der Waals surface area contributed by atoms with Crippen molar-refractivity contribution in [1.82, 2.24) is 14.9 Å². The summed E-state index contributed by atoms with van der Waals surface area (Å²) in [7, 11) is 0. The molecular formula is C27H25N3O. The third-order valence-corrected chi connectivity index (χ3v) is 6.79. The van der Waals surface area contributed by atoms with Crippen LogP contribution >= 0.6 is 0 Å². The summed E-state index contributed by atoms with van der Waals surface area (Å²) in [6.07, 6.45) is 8.77. The lowest BCUT2D eigenvalue weighted by atomic mass is 10.1. The van der Waals surface area contributed by atoms with Crippen LogP contribution in [0.2, 0.25) is 0 Å². The lowest BCUT2D eigenvalue weighted by molar-refractivity contribution is 0.0927. The summed E-state index contributed by atoms with van der Waals surface area (Å²) < 4.78 is 2.17. The third-order valence-electron chi connectivity index (χ3n) is 6.79. The molecule has 4 heteroatoms. The number of nitrogens with one attached hydrogen (secondary N) is 1. The molecule has 2 heterocycles. The summed E-state index contributed by atoms with van der Waals surface area (Å²) in [6, 6.07) is 22.5. The van der Waals surface area contributed by atoms with Gasteiger partial charge in [0.2, 0.25) is 0 Å². The molecule has 0 unspecified atom stereocenters. The zero-order valence-electron chi connectivity index (χ0n) is 17.4. The van der Waals surface area contributed by atoms with Crippen LogP contribution in [0.25, 0.3) is 22.2 Å². The molecule has 0 bridgehead atoms. The highest BCUT2D eigenvalue weighted by Crippen LogP contribution is 2.53. The van der Waals surface area contributed by atoms with Crippen LogP contribution in [0.5, 0.6) is 0 Å². The van der Waals surface area contributed by atoms with Crippen LogP contribution in [-0.4, -0.2) is 21.0 Å². The predicted octanol–water partition coefficient (Wildman–Crippen LogP) is 5.42. The number of carbonyl (C=O) groups excluding carboxylic acids is 1. The summed E-state index contributed by atoms with van der Waals surface area (Å²) in [5.74, 6) is 0.754. The fraction of sp³-hybridized carbons (Fsp3) is 0.259. The largest absolute Gasteiger partial charge is 0.346 e. The normalized spacial score (nSPS) is 16.9. The van der Waals surface area contributed by atoms with E-state index < -0.39 is 0 Å². The molecule has 2 saturated carbocycles. The highest BCUT2D eigenvalue weighted by molar-refractivity contribution is 6.06. The number of hydrogen-bond donors (Lipinski definition) is 1. The first-order valence-corrected chi connectivity index (χ1v) is 11.1. The summed E-state index contributed by atoms with van der Waals surface area (Å²) >= 11 is 0. The van der Waals surface area contributed by atoms with Gasteiger partial charge in [-0.1, -0.05) is 48.5 Å². The van der Waals surface area contributed by atoms with Gasteiger partial charge in [-0.25, -0.2) is 0 Å². The SMILES string of the molecule is O=C(NC1(C2CC2)CC1)c1cccc2ccn(Cc3ccc(-c4ccccc4)nc3)c12. The van der Waals surface area contributed by atoms with Crippen molar-refractivity contribution in [2.24, 2.45) is 5.92 Å². The Hall–Kier alpha value is -3.40. The number of aromatic nitrogens is 2. The van der Waals surface area contributed by atoms with E-state index in [1.165, 1.54) is 12.8 Å². The van der Waals surface area contributed by atoms with Gasteiger partial charge in [0.05, 0.1) is 16.8 Å². The van der Waals surface area contributed by atoms with Gasteiger partial charge in [0.25, 0.3) is 5.91 Å². The van der Waals surface area contributed by atoms with Gasteiger partial charge >= 0.3 is 0 Å². The van der Waals surface area contributed by atoms with Crippen molar-refractivity contribution in [3.05, 3.63) is 90.3 Å². The highest BCUT2D eigenvalue weighted by Gasteiger charge is 2.54. The van der Waals surface area contributed by atoms with E-state index >= 15 is 0 Å². The average Bonchev–Trinajstić information content (AvgIpc) is 3.74. The fourth-order valence-electron chi connectivity index (χ4n) is 4.77. The van der Waals surface area contributed by atoms with E-state index in [1.54, 1.807) is 0 Å². The number of rotatable bonds is 6. The Labute approximate surface area is 181 Å². The Balaban J connectivity index is 1.28. The lowest BCUT2D eigenvalue weighted by Gasteiger charge is -2.18. The maximum atomic E-state index is 13.2. The van der Waals surface area contributed by atoms with Crippen molar-refractivity contribution < 1.29 is 4.79 Å². The summed E-state index contributed by atoms with van der Waals surface area (Å²) in [6.45, 7) is 0.684. The van der Waals surface area contributed by atoms with Gasteiger partial charge in [-0.3, -0.25) is 9.78 Å². The van der Waals surface area contributed by atoms with E-state index in [9.17, 15) is 4.79 Å². The number of para-hydroxylation sites is 1. The van der Waals surface area contributed by atoms with Gasteiger partial charge < -0.3 is 9.88 Å². The average molecular weight is 408 g/mol. The van der Waals surface area contributed by atoms with E-state index in [1.807, 2.05) is 36.5 Å². The number of carbonyl (C=O) groups is 1. The van der Waals surface area contributed by atoms with Crippen molar-refractivity contribution in [1.29, 1.82) is 0 Å². The van der Waals surface area contributed by atoms with Gasteiger partial charge in [-0.15, -0.1) is 0 Å². The highest BCUT2D eigenvalue weighted by atomic mass is 16.1. The van der Waals surface area contributed by atoms with E-state index in [-0.39, 0.29) is 11.4 Å². The molecule has 4 aromatic rings. The maximum Gasteiger partial charge on any atom is 0.253 e. The second kappa shape index (κ2) is 7.09. The molecule has 2 aromatic heterocycles. The van der Waals surface area contributed by atoms with Gasteiger partial charge in [0, 0.05) is 35.4 Å². The second-order valence-corrected chi connectivity index (χ2v) is 8.99. The standard InChI is InChI=1S/C27H25N3O/c31-26(29-27(14-15-27)22-10-11-22)23-8-4-7-21-13-16-30(25(21)23)18-19-9-12-24(28-17-19)20-5-2-1-3-6-20/h1-9,12-13,16-17,22H,10-11,14-15,18H2,(H,29,31). The first kappa shape index (κ1) is 18.4. The summed E-state index contributed by atoms with van der Waals surface area (Å²) in [5.41, 5.74) is 5.04. The molecule has 0 radical (unpaired) electrons. The number of amides is 1. The number of pyridine rings is 1. The van der Waals surface area contributed by atoms with Crippen LogP contribution in [0.1, 0.15) is 41.6 Å². The molecule has 0 spiro atoms. The first-order chi connectivity index (χ1) is 15.2.